The second-order valence-electron chi connectivity index (χ2n) is 8.83. The number of rotatable bonds is 15. The number of methoxy groups -OCH3 is 2. The molecule has 2 aromatic rings. The van der Waals surface area contributed by atoms with Crippen molar-refractivity contribution in [3.05, 3.63) is 54.1 Å². The number of unbranched alkanes of at least 4 members (excludes halogenated alkanes) is 1. The molecule has 2 rings (SSSR count). The van der Waals surface area contributed by atoms with Crippen molar-refractivity contribution in [3.63, 3.8) is 0 Å². The summed E-state index contributed by atoms with van der Waals surface area (Å²) in [5.41, 5.74) is 1.35. The highest BCUT2D eigenvalue weighted by atomic mass is 32.2. The SMILES string of the molecule is CCCCNC(=O)C(C)N(Cc1ccc(OC)cc1)C(=O)CCCN(c1ccc(OC)cc1)S(C)(=O)=O. The normalized spacial score (nSPS) is 11.9. The van der Waals surface area contributed by atoms with Crippen LogP contribution in [0.3, 0.4) is 0 Å². The maximum absolute atomic E-state index is 13.3. The molecule has 0 bridgehead atoms. The lowest BCUT2D eigenvalue weighted by Gasteiger charge is -2.29. The molecule has 0 fully saturated rings. The maximum atomic E-state index is 13.3. The largest absolute Gasteiger partial charge is 0.497 e. The molecule has 2 amide bonds. The van der Waals surface area contributed by atoms with Gasteiger partial charge < -0.3 is 19.7 Å². The molecule has 204 valence electrons. The van der Waals surface area contributed by atoms with Gasteiger partial charge in [0.1, 0.15) is 17.5 Å². The summed E-state index contributed by atoms with van der Waals surface area (Å²) < 4.78 is 36.5. The number of benzene rings is 2. The highest BCUT2D eigenvalue weighted by molar-refractivity contribution is 7.92. The van der Waals surface area contributed by atoms with Gasteiger partial charge in [0.2, 0.25) is 21.8 Å². The molecule has 9 nitrogen and oxygen atoms in total. The quantitative estimate of drug-likeness (QED) is 0.351. The van der Waals surface area contributed by atoms with Crippen LogP contribution in [0.15, 0.2) is 48.5 Å². The maximum Gasteiger partial charge on any atom is 0.242 e. The van der Waals surface area contributed by atoms with E-state index in [-0.39, 0.29) is 31.3 Å². The van der Waals surface area contributed by atoms with E-state index in [0.717, 1.165) is 24.7 Å². The topological polar surface area (TPSA) is 105 Å². The lowest BCUT2D eigenvalue weighted by atomic mass is 10.1. The summed E-state index contributed by atoms with van der Waals surface area (Å²) in [6.45, 7) is 4.68. The van der Waals surface area contributed by atoms with Gasteiger partial charge in [0, 0.05) is 26.1 Å². The second kappa shape index (κ2) is 14.5. The van der Waals surface area contributed by atoms with Crippen molar-refractivity contribution < 1.29 is 27.5 Å². The number of hydrogen-bond donors (Lipinski definition) is 1. The first kappa shape index (κ1) is 30.0. The van der Waals surface area contributed by atoms with E-state index in [4.69, 9.17) is 9.47 Å². The van der Waals surface area contributed by atoms with Gasteiger partial charge in [0.15, 0.2) is 0 Å². The first-order valence-corrected chi connectivity index (χ1v) is 14.3. The Hall–Kier alpha value is -3.27. The van der Waals surface area contributed by atoms with Crippen LogP contribution < -0.4 is 19.1 Å². The summed E-state index contributed by atoms with van der Waals surface area (Å²) in [6, 6.07) is 13.4. The average molecular weight is 534 g/mol. The molecule has 1 unspecified atom stereocenters. The molecule has 1 atom stereocenters. The molecule has 0 aliphatic carbocycles. The van der Waals surface area contributed by atoms with Gasteiger partial charge in [-0.15, -0.1) is 0 Å². The third-order valence-electron chi connectivity index (χ3n) is 6.02. The van der Waals surface area contributed by atoms with Crippen LogP contribution >= 0.6 is 0 Å². The number of carbonyl (C=O) groups is 2. The van der Waals surface area contributed by atoms with Gasteiger partial charge in [0.05, 0.1) is 26.2 Å². The molecular weight excluding hydrogens is 494 g/mol. The summed E-state index contributed by atoms with van der Waals surface area (Å²) in [6.07, 6.45) is 3.33. The number of sulfonamides is 1. The summed E-state index contributed by atoms with van der Waals surface area (Å²) >= 11 is 0. The number of anilines is 1. The molecule has 1 N–H and O–H groups in total. The van der Waals surface area contributed by atoms with Gasteiger partial charge in [0.25, 0.3) is 0 Å². The smallest absolute Gasteiger partial charge is 0.242 e. The van der Waals surface area contributed by atoms with Crippen LogP contribution in [0.2, 0.25) is 0 Å². The zero-order valence-corrected chi connectivity index (χ0v) is 23.2. The predicted octanol–water partition coefficient (Wildman–Crippen LogP) is 3.58. The van der Waals surface area contributed by atoms with Gasteiger partial charge in [-0.2, -0.15) is 0 Å². The van der Waals surface area contributed by atoms with E-state index < -0.39 is 16.1 Å². The molecule has 37 heavy (non-hydrogen) atoms. The zero-order valence-electron chi connectivity index (χ0n) is 22.4. The molecule has 0 saturated carbocycles. The van der Waals surface area contributed by atoms with Crippen molar-refractivity contribution in [2.24, 2.45) is 0 Å². The molecular formula is C27H39N3O6S. The molecule has 0 spiro atoms. The van der Waals surface area contributed by atoms with Crippen LogP contribution in [0, 0.1) is 0 Å². The number of amides is 2. The zero-order chi connectivity index (χ0) is 27.4. The van der Waals surface area contributed by atoms with E-state index in [1.54, 1.807) is 43.2 Å². The first-order chi connectivity index (χ1) is 17.6. The minimum absolute atomic E-state index is 0.0882. The lowest BCUT2D eigenvalue weighted by Crippen LogP contribution is -2.47. The average Bonchev–Trinajstić information content (AvgIpc) is 2.89. The van der Waals surface area contributed by atoms with Crippen LogP contribution in [0.1, 0.15) is 45.1 Å². The Morgan fingerprint density at radius 2 is 1.51 bits per heavy atom. The van der Waals surface area contributed by atoms with Gasteiger partial charge in [-0.05, 0) is 61.7 Å². The fourth-order valence-electron chi connectivity index (χ4n) is 3.80. The highest BCUT2D eigenvalue weighted by Gasteiger charge is 2.26. The van der Waals surface area contributed by atoms with E-state index in [1.807, 2.05) is 31.2 Å². The molecule has 10 heteroatoms. The summed E-state index contributed by atoms with van der Waals surface area (Å²) in [7, 11) is -0.440. The number of nitrogens with one attached hydrogen (secondary N) is 1. The minimum atomic E-state index is -3.56. The number of ether oxygens (including phenoxy) is 2. The van der Waals surface area contributed by atoms with Crippen molar-refractivity contribution in [2.75, 3.05) is 37.9 Å². The Balaban J connectivity index is 2.14. The fraction of sp³-hybridized carbons (Fsp3) is 0.481. The standard InChI is InChI=1S/C27H39N3O6S/c1-6-7-18-28-27(32)21(2)29(20-22-10-14-24(35-3)15-11-22)26(31)9-8-19-30(37(5,33)34)23-12-16-25(36-4)17-13-23/h10-17,21H,6-9,18-20H2,1-5H3,(H,28,32). The molecule has 0 aliphatic heterocycles. The van der Waals surface area contributed by atoms with E-state index in [2.05, 4.69) is 5.32 Å². The van der Waals surface area contributed by atoms with Gasteiger partial charge in [-0.3, -0.25) is 13.9 Å². The third-order valence-corrected chi connectivity index (χ3v) is 7.22. The van der Waals surface area contributed by atoms with Crippen molar-refractivity contribution in [1.82, 2.24) is 10.2 Å². The molecule has 0 saturated heterocycles. The van der Waals surface area contributed by atoms with E-state index in [0.29, 0.717) is 30.2 Å². The Morgan fingerprint density at radius 1 is 0.946 bits per heavy atom. The first-order valence-electron chi connectivity index (χ1n) is 12.4. The van der Waals surface area contributed by atoms with Crippen molar-refractivity contribution in [3.8, 4) is 11.5 Å². The predicted molar refractivity (Wildman–Crippen MR) is 145 cm³/mol. The van der Waals surface area contributed by atoms with Crippen molar-refractivity contribution in [2.45, 2.75) is 52.1 Å². The van der Waals surface area contributed by atoms with E-state index in [9.17, 15) is 18.0 Å². The van der Waals surface area contributed by atoms with Crippen LogP contribution in [-0.2, 0) is 26.2 Å². The molecule has 0 aromatic heterocycles. The van der Waals surface area contributed by atoms with E-state index in [1.165, 1.54) is 11.4 Å². The van der Waals surface area contributed by atoms with Gasteiger partial charge in [-0.1, -0.05) is 25.5 Å². The number of carbonyl (C=O) groups excluding carboxylic acids is 2. The van der Waals surface area contributed by atoms with E-state index >= 15 is 0 Å². The minimum Gasteiger partial charge on any atom is -0.497 e. The number of hydrogen-bond acceptors (Lipinski definition) is 6. The Bertz CT molecular complexity index is 1100. The van der Waals surface area contributed by atoms with Crippen molar-refractivity contribution in [1.29, 1.82) is 0 Å². The fourth-order valence-corrected chi connectivity index (χ4v) is 4.76. The van der Waals surface area contributed by atoms with Crippen LogP contribution in [0.5, 0.6) is 11.5 Å². The highest BCUT2D eigenvalue weighted by Crippen LogP contribution is 2.22. The lowest BCUT2D eigenvalue weighted by molar-refractivity contribution is -0.140. The third kappa shape index (κ3) is 9.27. The Morgan fingerprint density at radius 3 is 2.03 bits per heavy atom. The second-order valence-corrected chi connectivity index (χ2v) is 10.7. The number of nitrogens with zero attached hydrogens (tertiary/aromatic N) is 2. The molecule has 0 heterocycles. The monoisotopic (exact) mass is 533 g/mol. The summed E-state index contributed by atoms with van der Waals surface area (Å²) in [5, 5.41) is 2.90. The van der Waals surface area contributed by atoms with Crippen LogP contribution in [0.4, 0.5) is 5.69 Å². The van der Waals surface area contributed by atoms with Gasteiger partial charge >= 0.3 is 0 Å². The summed E-state index contributed by atoms with van der Waals surface area (Å²) in [5.74, 6) is 0.877. The molecule has 0 aliphatic rings. The Kier molecular flexibility index (Phi) is 11.7. The Labute approximate surface area is 220 Å². The molecule has 2 aromatic carbocycles. The van der Waals surface area contributed by atoms with Crippen LogP contribution in [0.25, 0.3) is 0 Å². The van der Waals surface area contributed by atoms with Crippen LogP contribution in [-0.4, -0.2) is 64.7 Å². The van der Waals surface area contributed by atoms with Gasteiger partial charge in [-0.25, -0.2) is 8.42 Å². The molecule has 0 radical (unpaired) electrons. The van der Waals surface area contributed by atoms with Crippen molar-refractivity contribution >= 4 is 27.5 Å². The summed E-state index contributed by atoms with van der Waals surface area (Å²) in [4.78, 5) is 27.7.